The van der Waals surface area contributed by atoms with Crippen molar-refractivity contribution >= 4 is 50.6 Å². The van der Waals surface area contributed by atoms with Gasteiger partial charge in [0.05, 0.1) is 13.2 Å². The number of nitrogens with zero attached hydrogens (tertiary/aromatic N) is 3. The van der Waals surface area contributed by atoms with Gasteiger partial charge in [-0.15, -0.1) is 0 Å². The minimum Gasteiger partial charge on any atom is -0.378 e. The predicted octanol–water partition coefficient (Wildman–Crippen LogP) is 5.20. The number of hydrogen-bond acceptors (Lipinski definition) is 5. The van der Waals surface area contributed by atoms with Crippen LogP contribution in [-0.2, 0) is 4.74 Å². The summed E-state index contributed by atoms with van der Waals surface area (Å²) >= 11 is 3.44. The molecule has 0 bridgehead atoms. The highest BCUT2D eigenvalue weighted by molar-refractivity contribution is 9.10. The zero-order valence-corrected chi connectivity index (χ0v) is 23.0. The fourth-order valence-electron chi connectivity index (χ4n) is 4.79. The fraction of sp³-hybridized carbons (Fsp3) is 0.310. The summed E-state index contributed by atoms with van der Waals surface area (Å²) in [7, 11) is 0. The number of halogens is 1. The standard InChI is InChI=1S/C29H32BrN5O3/c1-21-5-6-22(28(36)31-24-7-9-26(10-8-24)33-15-17-38-18-16-33)19-27(21)34-11-13-35(14-12-34)29(37)32-25-4-2-3-23(30)20-25/h2-10,19-20H,11-18H2,1H3,(H,31,36)(H,32,37). The van der Waals surface area contributed by atoms with Crippen molar-refractivity contribution in [3.63, 3.8) is 0 Å². The van der Waals surface area contributed by atoms with Gasteiger partial charge in [-0.25, -0.2) is 4.79 Å². The van der Waals surface area contributed by atoms with Crippen LogP contribution in [0.2, 0.25) is 0 Å². The summed E-state index contributed by atoms with van der Waals surface area (Å²) in [6.07, 6.45) is 0. The number of benzene rings is 3. The lowest BCUT2D eigenvalue weighted by Crippen LogP contribution is -2.50. The minimum atomic E-state index is -0.141. The van der Waals surface area contributed by atoms with Gasteiger partial charge in [-0.05, 0) is 67.1 Å². The molecule has 0 atom stereocenters. The monoisotopic (exact) mass is 577 g/mol. The summed E-state index contributed by atoms with van der Waals surface area (Å²) in [6, 6.07) is 21.2. The van der Waals surface area contributed by atoms with Gasteiger partial charge in [0.25, 0.3) is 5.91 Å². The van der Waals surface area contributed by atoms with Gasteiger partial charge in [0, 0.05) is 72.1 Å². The Morgan fingerprint density at radius 3 is 2.24 bits per heavy atom. The second kappa shape index (κ2) is 11.9. The van der Waals surface area contributed by atoms with Gasteiger partial charge in [0.1, 0.15) is 0 Å². The number of morpholine rings is 1. The summed E-state index contributed by atoms with van der Waals surface area (Å²) in [6.45, 7) is 7.87. The molecule has 3 aromatic carbocycles. The number of piperazine rings is 1. The third kappa shape index (κ3) is 6.28. The van der Waals surface area contributed by atoms with Crippen molar-refractivity contribution in [1.82, 2.24) is 4.90 Å². The maximum atomic E-state index is 13.1. The first kappa shape index (κ1) is 26.1. The number of amides is 3. The van der Waals surface area contributed by atoms with Crippen molar-refractivity contribution in [2.75, 3.05) is 72.9 Å². The van der Waals surface area contributed by atoms with E-state index in [9.17, 15) is 9.59 Å². The van der Waals surface area contributed by atoms with Crippen molar-refractivity contribution in [2.24, 2.45) is 0 Å². The Balaban J connectivity index is 1.18. The number of carbonyl (C=O) groups excluding carboxylic acids is 2. The van der Waals surface area contributed by atoms with Crippen molar-refractivity contribution in [3.8, 4) is 0 Å². The molecule has 2 aliphatic heterocycles. The normalized spacial score (nSPS) is 15.8. The maximum absolute atomic E-state index is 13.1. The molecule has 0 spiro atoms. The summed E-state index contributed by atoms with van der Waals surface area (Å²) in [5.41, 5.74) is 5.39. The second-order valence-corrected chi connectivity index (χ2v) is 10.4. The first-order valence-electron chi connectivity index (χ1n) is 12.9. The fourth-order valence-corrected chi connectivity index (χ4v) is 5.19. The molecular formula is C29H32BrN5O3. The number of rotatable bonds is 5. The molecule has 9 heteroatoms. The van der Waals surface area contributed by atoms with Crippen LogP contribution in [-0.4, -0.2) is 69.3 Å². The smallest absolute Gasteiger partial charge is 0.321 e. The summed E-state index contributed by atoms with van der Waals surface area (Å²) < 4.78 is 6.35. The van der Waals surface area contributed by atoms with E-state index in [-0.39, 0.29) is 11.9 Å². The molecule has 0 aliphatic carbocycles. The first-order chi connectivity index (χ1) is 18.5. The largest absolute Gasteiger partial charge is 0.378 e. The van der Waals surface area contributed by atoms with E-state index >= 15 is 0 Å². The van der Waals surface area contributed by atoms with Crippen LogP contribution in [0.4, 0.5) is 27.5 Å². The van der Waals surface area contributed by atoms with E-state index in [2.05, 4.69) is 36.4 Å². The molecule has 0 aromatic heterocycles. The minimum absolute atomic E-state index is 0.104. The van der Waals surface area contributed by atoms with Gasteiger partial charge in [-0.2, -0.15) is 0 Å². The molecular weight excluding hydrogens is 546 g/mol. The van der Waals surface area contributed by atoms with Gasteiger partial charge < -0.3 is 30.1 Å². The van der Waals surface area contributed by atoms with Crippen LogP contribution in [0.1, 0.15) is 15.9 Å². The first-order valence-corrected chi connectivity index (χ1v) is 13.7. The number of hydrogen-bond donors (Lipinski definition) is 2. The van der Waals surface area contributed by atoms with E-state index in [1.54, 1.807) is 0 Å². The molecule has 38 heavy (non-hydrogen) atoms. The molecule has 0 unspecified atom stereocenters. The van der Waals surface area contributed by atoms with Crippen molar-refractivity contribution in [3.05, 3.63) is 82.3 Å². The van der Waals surface area contributed by atoms with Crippen LogP contribution in [0.5, 0.6) is 0 Å². The van der Waals surface area contributed by atoms with E-state index in [1.807, 2.05) is 78.6 Å². The molecule has 2 fully saturated rings. The van der Waals surface area contributed by atoms with Crippen LogP contribution in [0.3, 0.4) is 0 Å². The second-order valence-electron chi connectivity index (χ2n) is 9.52. The van der Waals surface area contributed by atoms with Gasteiger partial charge >= 0.3 is 6.03 Å². The third-order valence-corrected chi connectivity index (χ3v) is 7.45. The average molecular weight is 579 g/mol. The highest BCUT2D eigenvalue weighted by Crippen LogP contribution is 2.25. The van der Waals surface area contributed by atoms with Crippen LogP contribution < -0.4 is 20.4 Å². The molecule has 5 rings (SSSR count). The Morgan fingerprint density at radius 1 is 0.789 bits per heavy atom. The Kier molecular flexibility index (Phi) is 8.14. The van der Waals surface area contributed by atoms with Crippen LogP contribution in [0.15, 0.2) is 71.2 Å². The number of ether oxygens (including phenoxy) is 1. The number of aryl methyl sites for hydroxylation is 1. The number of nitrogens with one attached hydrogen (secondary N) is 2. The van der Waals surface area contributed by atoms with E-state index in [1.165, 1.54) is 0 Å². The van der Waals surface area contributed by atoms with Gasteiger partial charge in [-0.3, -0.25) is 4.79 Å². The summed E-state index contributed by atoms with van der Waals surface area (Å²) in [5, 5.41) is 5.99. The van der Waals surface area contributed by atoms with E-state index in [4.69, 9.17) is 4.74 Å². The lowest BCUT2D eigenvalue weighted by Gasteiger charge is -2.37. The maximum Gasteiger partial charge on any atom is 0.321 e. The molecule has 198 valence electrons. The van der Waals surface area contributed by atoms with E-state index in [0.717, 1.165) is 59.1 Å². The quantitative estimate of drug-likeness (QED) is 0.436. The highest BCUT2D eigenvalue weighted by atomic mass is 79.9. The molecule has 0 radical (unpaired) electrons. The van der Waals surface area contributed by atoms with Crippen LogP contribution in [0.25, 0.3) is 0 Å². The van der Waals surface area contributed by atoms with Gasteiger partial charge in [-0.1, -0.05) is 28.1 Å². The summed E-state index contributed by atoms with van der Waals surface area (Å²) in [5.74, 6) is -0.141. The highest BCUT2D eigenvalue weighted by Gasteiger charge is 2.23. The Bertz CT molecular complexity index is 1290. The number of urea groups is 1. The van der Waals surface area contributed by atoms with Crippen LogP contribution in [0, 0.1) is 6.92 Å². The third-order valence-electron chi connectivity index (χ3n) is 6.96. The molecule has 2 N–H and O–H groups in total. The van der Waals surface area contributed by atoms with Gasteiger partial charge in [0.2, 0.25) is 0 Å². The molecule has 8 nitrogen and oxygen atoms in total. The molecule has 0 saturated carbocycles. The zero-order valence-electron chi connectivity index (χ0n) is 21.5. The van der Waals surface area contributed by atoms with E-state index < -0.39 is 0 Å². The van der Waals surface area contributed by atoms with Crippen molar-refractivity contribution < 1.29 is 14.3 Å². The number of anilines is 4. The van der Waals surface area contributed by atoms with Crippen LogP contribution >= 0.6 is 15.9 Å². The molecule has 3 aromatic rings. The Morgan fingerprint density at radius 2 is 1.53 bits per heavy atom. The lowest BCUT2D eigenvalue weighted by atomic mass is 10.1. The molecule has 2 aliphatic rings. The van der Waals surface area contributed by atoms with E-state index in [0.29, 0.717) is 31.7 Å². The van der Waals surface area contributed by atoms with Crippen molar-refractivity contribution in [2.45, 2.75) is 6.92 Å². The average Bonchev–Trinajstić information content (AvgIpc) is 2.94. The van der Waals surface area contributed by atoms with Gasteiger partial charge in [0.15, 0.2) is 0 Å². The SMILES string of the molecule is Cc1ccc(C(=O)Nc2ccc(N3CCOCC3)cc2)cc1N1CCN(C(=O)Nc2cccc(Br)c2)CC1. The Hall–Kier alpha value is -3.56. The van der Waals surface area contributed by atoms with Crippen molar-refractivity contribution in [1.29, 1.82) is 0 Å². The molecule has 2 heterocycles. The predicted molar refractivity (Wildman–Crippen MR) is 156 cm³/mol. The Labute approximate surface area is 231 Å². The molecule has 3 amide bonds. The zero-order chi connectivity index (χ0) is 26.5. The topological polar surface area (TPSA) is 77.2 Å². The molecule has 2 saturated heterocycles. The number of carbonyl (C=O) groups is 2. The lowest BCUT2D eigenvalue weighted by molar-refractivity contribution is 0.102. The summed E-state index contributed by atoms with van der Waals surface area (Å²) in [4.78, 5) is 32.2.